The molecule has 0 spiro atoms. The van der Waals surface area contributed by atoms with Crippen molar-refractivity contribution >= 4 is 17.5 Å². The normalized spacial score (nSPS) is 12.1. The fraction of sp³-hybridized carbons (Fsp3) is 0.417. The lowest BCUT2D eigenvalue weighted by Gasteiger charge is -2.19. The molecule has 1 amide bonds. The second-order valence-electron chi connectivity index (χ2n) is 3.78. The van der Waals surface area contributed by atoms with Crippen LogP contribution < -0.4 is 10.1 Å². The Morgan fingerprint density at radius 1 is 1.59 bits per heavy atom. The fourth-order valence-electron chi connectivity index (χ4n) is 1.59. The number of aliphatic hydroxyl groups is 1. The van der Waals surface area contributed by atoms with Crippen molar-refractivity contribution in [2.45, 2.75) is 19.9 Å². The van der Waals surface area contributed by atoms with Crippen molar-refractivity contribution in [3.05, 3.63) is 28.3 Å². The number of aliphatic hydroxyl groups excluding tert-OH is 1. The molecule has 0 aliphatic carbocycles. The molecule has 1 unspecified atom stereocenters. The third-order valence-electron chi connectivity index (χ3n) is 2.45. The highest BCUT2D eigenvalue weighted by Gasteiger charge is 2.17. The van der Waals surface area contributed by atoms with Crippen LogP contribution in [0.25, 0.3) is 0 Å². The van der Waals surface area contributed by atoms with Gasteiger partial charge in [0.25, 0.3) is 0 Å². The molecule has 94 valence electrons. The smallest absolute Gasteiger partial charge is 0.217 e. The van der Waals surface area contributed by atoms with Crippen molar-refractivity contribution < 1.29 is 14.6 Å². The van der Waals surface area contributed by atoms with Crippen molar-refractivity contribution in [3.8, 4) is 5.75 Å². The van der Waals surface area contributed by atoms with Crippen molar-refractivity contribution in [2.24, 2.45) is 0 Å². The van der Waals surface area contributed by atoms with Gasteiger partial charge in [0.05, 0.1) is 19.8 Å². The maximum Gasteiger partial charge on any atom is 0.217 e. The number of methoxy groups -OCH3 is 1. The minimum atomic E-state index is -0.513. The average Bonchev–Trinajstić information content (AvgIpc) is 2.28. The molecular formula is C12H16ClNO3. The Bertz CT molecular complexity index is 420. The lowest BCUT2D eigenvalue weighted by atomic mass is 10.0. The van der Waals surface area contributed by atoms with E-state index in [1.54, 1.807) is 12.1 Å². The third-order valence-corrected chi connectivity index (χ3v) is 2.85. The zero-order valence-electron chi connectivity index (χ0n) is 10.1. The summed E-state index contributed by atoms with van der Waals surface area (Å²) in [5.41, 5.74) is 1.55. The monoisotopic (exact) mass is 257 g/mol. The predicted molar refractivity (Wildman–Crippen MR) is 66.4 cm³/mol. The first kappa shape index (κ1) is 13.8. The molecule has 1 rings (SSSR count). The second-order valence-corrected chi connectivity index (χ2v) is 4.19. The third kappa shape index (κ3) is 3.35. The van der Waals surface area contributed by atoms with Gasteiger partial charge in [-0.2, -0.15) is 0 Å². The van der Waals surface area contributed by atoms with Crippen LogP contribution in [0.15, 0.2) is 12.1 Å². The molecule has 0 aliphatic heterocycles. The predicted octanol–water partition coefficient (Wildman–Crippen LogP) is 1.83. The number of halogens is 1. The summed E-state index contributed by atoms with van der Waals surface area (Å²) in [7, 11) is 1.54. The number of carbonyl (C=O) groups is 1. The molecule has 0 aliphatic rings. The van der Waals surface area contributed by atoms with Crippen LogP contribution in [-0.2, 0) is 4.79 Å². The molecule has 1 aromatic carbocycles. The van der Waals surface area contributed by atoms with Gasteiger partial charge < -0.3 is 15.2 Å². The molecular weight excluding hydrogens is 242 g/mol. The van der Waals surface area contributed by atoms with Crippen molar-refractivity contribution in [1.29, 1.82) is 0 Å². The lowest BCUT2D eigenvalue weighted by molar-refractivity contribution is -0.120. The summed E-state index contributed by atoms with van der Waals surface area (Å²) in [4.78, 5) is 11.0. The summed E-state index contributed by atoms with van der Waals surface area (Å²) in [6.07, 6.45) is 0. The van der Waals surface area contributed by atoms with E-state index < -0.39 is 6.04 Å². The molecule has 1 aromatic rings. The van der Waals surface area contributed by atoms with Crippen LogP contribution in [0.5, 0.6) is 5.75 Å². The van der Waals surface area contributed by atoms with Crippen LogP contribution in [0.1, 0.15) is 24.1 Å². The average molecular weight is 258 g/mol. The first-order valence-electron chi connectivity index (χ1n) is 5.21. The van der Waals surface area contributed by atoms with E-state index in [0.717, 1.165) is 5.56 Å². The highest BCUT2D eigenvalue weighted by molar-refractivity contribution is 6.31. The standard InChI is InChI=1S/C12H16ClNO3/c1-7-4-12(17-3)9(5-10(7)13)11(6-15)14-8(2)16/h4-5,11,15H,6H2,1-3H3,(H,14,16). The Morgan fingerprint density at radius 3 is 2.71 bits per heavy atom. The van der Waals surface area contributed by atoms with E-state index >= 15 is 0 Å². The number of hydrogen-bond donors (Lipinski definition) is 2. The van der Waals surface area contributed by atoms with Gasteiger partial charge in [0.2, 0.25) is 5.91 Å². The summed E-state index contributed by atoms with van der Waals surface area (Å²) in [5, 5.41) is 12.5. The Labute approximate surface area is 106 Å². The van der Waals surface area contributed by atoms with E-state index in [0.29, 0.717) is 16.3 Å². The van der Waals surface area contributed by atoms with Gasteiger partial charge in [-0.05, 0) is 24.6 Å². The summed E-state index contributed by atoms with van der Waals surface area (Å²) in [5.74, 6) is 0.377. The van der Waals surface area contributed by atoms with Gasteiger partial charge in [-0.3, -0.25) is 4.79 Å². The van der Waals surface area contributed by atoms with Gasteiger partial charge in [0.1, 0.15) is 5.75 Å². The van der Waals surface area contributed by atoms with E-state index in [1.165, 1.54) is 14.0 Å². The quantitative estimate of drug-likeness (QED) is 0.865. The number of nitrogens with one attached hydrogen (secondary N) is 1. The topological polar surface area (TPSA) is 58.6 Å². The van der Waals surface area contributed by atoms with Gasteiger partial charge in [-0.15, -0.1) is 0 Å². The number of carbonyl (C=O) groups excluding carboxylic acids is 1. The Morgan fingerprint density at radius 2 is 2.24 bits per heavy atom. The van der Waals surface area contributed by atoms with Gasteiger partial charge >= 0.3 is 0 Å². The summed E-state index contributed by atoms with van der Waals surface area (Å²) < 4.78 is 5.22. The Balaban J connectivity index is 3.17. The summed E-state index contributed by atoms with van der Waals surface area (Å²) >= 11 is 6.03. The van der Waals surface area contributed by atoms with Crippen molar-refractivity contribution in [2.75, 3.05) is 13.7 Å². The zero-order valence-corrected chi connectivity index (χ0v) is 10.8. The van der Waals surface area contributed by atoms with E-state index in [-0.39, 0.29) is 12.5 Å². The van der Waals surface area contributed by atoms with Crippen LogP contribution in [0.4, 0.5) is 0 Å². The molecule has 2 N–H and O–H groups in total. The fourth-order valence-corrected chi connectivity index (χ4v) is 1.76. The number of ether oxygens (including phenoxy) is 1. The van der Waals surface area contributed by atoms with Crippen LogP contribution in [0.3, 0.4) is 0 Å². The number of hydrogen-bond acceptors (Lipinski definition) is 3. The van der Waals surface area contributed by atoms with Gasteiger partial charge in [-0.1, -0.05) is 11.6 Å². The van der Waals surface area contributed by atoms with Crippen molar-refractivity contribution in [3.63, 3.8) is 0 Å². The van der Waals surface area contributed by atoms with Crippen LogP contribution in [0, 0.1) is 6.92 Å². The van der Waals surface area contributed by atoms with Crippen LogP contribution >= 0.6 is 11.6 Å². The second kappa shape index (κ2) is 5.89. The summed E-state index contributed by atoms with van der Waals surface area (Å²) in [6, 6.07) is 2.97. The molecule has 5 heteroatoms. The molecule has 0 radical (unpaired) electrons. The van der Waals surface area contributed by atoms with E-state index in [9.17, 15) is 9.90 Å². The molecule has 4 nitrogen and oxygen atoms in total. The highest BCUT2D eigenvalue weighted by atomic mass is 35.5. The van der Waals surface area contributed by atoms with E-state index in [1.807, 2.05) is 6.92 Å². The van der Waals surface area contributed by atoms with Crippen LogP contribution in [0.2, 0.25) is 5.02 Å². The molecule has 0 saturated heterocycles. The number of amides is 1. The number of rotatable bonds is 4. The lowest BCUT2D eigenvalue weighted by Crippen LogP contribution is -2.29. The largest absolute Gasteiger partial charge is 0.496 e. The molecule has 0 fully saturated rings. The number of aryl methyl sites for hydroxylation is 1. The minimum absolute atomic E-state index is 0.213. The zero-order chi connectivity index (χ0) is 13.0. The van der Waals surface area contributed by atoms with E-state index in [2.05, 4.69) is 5.32 Å². The molecule has 0 heterocycles. The first-order chi connectivity index (χ1) is 7.99. The van der Waals surface area contributed by atoms with Gasteiger partial charge in [-0.25, -0.2) is 0 Å². The SMILES string of the molecule is COc1cc(C)c(Cl)cc1C(CO)NC(C)=O. The number of benzene rings is 1. The van der Waals surface area contributed by atoms with Crippen LogP contribution in [-0.4, -0.2) is 24.7 Å². The maximum atomic E-state index is 11.0. The molecule has 1 atom stereocenters. The maximum absolute atomic E-state index is 11.0. The molecule has 0 bridgehead atoms. The van der Waals surface area contributed by atoms with Gasteiger partial charge in [0, 0.05) is 17.5 Å². The minimum Gasteiger partial charge on any atom is -0.496 e. The van der Waals surface area contributed by atoms with E-state index in [4.69, 9.17) is 16.3 Å². The highest BCUT2D eigenvalue weighted by Crippen LogP contribution is 2.30. The summed E-state index contributed by atoms with van der Waals surface area (Å²) in [6.45, 7) is 3.04. The Hall–Kier alpha value is -1.26. The van der Waals surface area contributed by atoms with Crippen molar-refractivity contribution in [1.82, 2.24) is 5.32 Å². The van der Waals surface area contributed by atoms with Gasteiger partial charge in [0.15, 0.2) is 0 Å². The Kier molecular flexibility index (Phi) is 4.78. The molecule has 0 aromatic heterocycles. The molecule has 17 heavy (non-hydrogen) atoms. The first-order valence-corrected chi connectivity index (χ1v) is 5.59. The molecule has 0 saturated carbocycles.